The average Bonchev–Trinajstić information content (AvgIpc) is 2.35. The number of benzene rings is 1. The number of halogens is 2. The maximum Gasteiger partial charge on any atom is 0.183 e. The predicted octanol–water partition coefficient (Wildman–Crippen LogP) is 4.03. The third kappa shape index (κ3) is 4.83. The van der Waals surface area contributed by atoms with Crippen LogP contribution >= 0.6 is 11.6 Å². The molecule has 1 rings (SSSR count). The topological polar surface area (TPSA) is 21.3 Å². The molecule has 18 heavy (non-hydrogen) atoms. The highest BCUT2D eigenvalue weighted by Gasteiger charge is 2.13. The van der Waals surface area contributed by atoms with Gasteiger partial charge in [0, 0.05) is 6.54 Å². The van der Waals surface area contributed by atoms with Crippen molar-refractivity contribution in [2.75, 3.05) is 13.1 Å². The van der Waals surface area contributed by atoms with Gasteiger partial charge in [-0.2, -0.15) is 0 Å². The van der Waals surface area contributed by atoms with Crippen LogP contribution in [-0.4, -0.2) is 19.2 Å². The van der Waals surface area contributed by atoms with Gasteiger partial charge >= 0.3 is 0 Å². The SMILES string of the molecule is CCCNCC(CCC)Oc1cccc(Cl)c1F. The Balaban J connectivity index is 2.61. The third-order valence-corrected chi connectivity index (χ3v) is 2.91. The molecule has 0 radical (unpaired) electrons. The monoisotopic (exact) mass is 273 g/mol. The molecule has 2 nitrogen and oxygen atoms in total. The Morgan fingerprint density at radius 3 is 2.78 bits per heavy atom. The molecule has 0 saturated heterocycles. The van der Waals surface area contributed by atoms with E-state index in [-0.39, 0.29) is 16.9 Å². The predicted molar refractivity (Wildman–Crippen MR) is 73.9 cm³/mol. The summed E-state index contributed by atoms with van der Waals surface area (Å²) in [6.07, 6.45) is 2.95. The smallest absolute Gasteiger partial charge is 0.183 e. The Kier molecular flexibility index (Phi) is 7.06. The van der Waals surface area contributed by atoms with Crippen LogP contribution in [0.15, 0.2) is 18.2 Å². The summed E-state index contributed by atoms with van der Waals surface area (Å²) in [5.74, 6) is -0.241. The van der Waals surface area contributed by atoms with Gasteiger partial charge in [-0.1, -0.05) is 37.9 Å². The lowest BCUT2D eigenvalue weighted by molar-refractivity contribution is 0.179. The molecule has 0 heterocycles. The van der Waals surface area contributed by atoms with Gasteiger partial charge in [0.25, 0.3) is 0 Å². The van der Waals surface area contributed by atoms with Crippen molar-refractivity contribution in [1.82, 2.24) is 5.32 Å². The Bertz CT molecular complexity index is 360. The van der Waals surface area contributed by atoms with Crippen LogP contribution < -0.4 is 10.1 Å². The minimum Gasteiger partial charge on any atom is -0.486 e. The lowest BCUT2D eigenvalue weighted by atomic mass is 10.2. The molecule has 0 aliphatic carbocycles. The Morgan fingerprint density at radius 2 is 2.11 bits per heavy atom. The highest BCUT2D eigenvalue weighted by Crippen LogP contribution is 2.25. The maximum atomic E-state index is 13.7. The Labute approximate surface area is 113 Å². The highest BCUT2D eigenvalue weighted by molar-refractivity contribution is 6.30. The summed E-state index contributed by atoms with van der Waals surface area (Å²) in [5.41, 5.74) is 0. The maximum absolute atomic E-state index is 13.7. The molecule has 0 saturated carbocycles. The molecule has 1 unspecified atom stereocenters. The fourth-order valence-corrected chi connectivity index (χ4v) is 1.88. The second-order valence-corrected chi connectivity index (χ2v) is 4.69. The summed E-state index contributed by atoms with van der Waals surface area (Å²) in [6.45, 7) is 5.87. The molecule has 1 aromatic rings. The van der Waals surface area contributed by atoms with E-state index < -0.39 is 5.82 Å². The van der Waals surface area contributed by atoms with Gasteiger partial charge in [-0.25, -0.2) is 4.39 Å². The minimum absolute atomic E-state index is 0.0190. The van der Waals surface area contributed by atoms with E-state index in [1.807, 2.05) is 0 Å². The standard InChI is InChI=1S/C14H21ClFNO/c1-3-6-11(10-17-9-4-2)18-13-8-5-7-12(15)14(13)16/h5,7-8,11,17H,3-4,6,9-10H2,1-2H3. The van der Waals surface area contributed by atoms with E-state index in [4.69, 9.17) is 16.3 Å². The first kappa shape index (κ1) is 15.3. The van der Waals surface area contributed by atoms with Crippen LogP contribution in [0.1, 0.15) is 33.1 Å². The van der Waals surface area contributed by atoms with E-state index in [0.717, 1.165) is 32.4 Å². The van der Waals surface area contributed by atoms with Crippen molar-refractivity contribution in [3.8, 4) is 5.75 Å². The summed E-state index contributed by atoms with van der Waals surface area (Å²) in [4.78, 5) is 0. The third-order valence-electron chi connectivity index (χ3n) is 2.62. The van der Waals surface area contributed by atoms with Gasteiger partial charge in [0.15, 0.2) is 11.6 Å². The lowest BCUT2D eigenvalue weighted by Crippen LogP contribution is -2.32. The van der Waals surface area contributed by atoms with Crippen LogP contribution in [0, 0.1) is 5.82 Å². The summed E-state index contributed by atoms with van der Waals surface area (Å²) < 4.78 is 19.4. The molecule has 102 valence electrons. The zero-order chi connectivity index (χ0) is 13.4. The molecule has 4 heteroatoms. The number of ether oxygens (including phenoxy) is 1. The van der Waals surface area contributed by atoms with Crippen LogP contribution in [0.3, 0.4) is 0 Å². The van der Waals surface area contributed by atoms with Gasteiger partial charge < -0.3 is 10.1 Å². The quantitative estimate of drug-likeness (QED) is 0.722. The molecular weight excluding hydrogens is 253 g/mol. The van der Waals surface area contributed by atoms with E-state index in [1.165, 1.54) is 6.07 Å². The van der Waals surface area contributed by atoms with Crippen LogP contribution in [0.4, 0.5) is 4.39 Å². The van der Waals surface area contributed by atoms with Crippen molar-refractivity contribution >= 4 is 11.6 Å². The molecule has 0 spiro atoms. The van der Waals surface area contributed by atoms with Crippen molar-refractivity contribution in [3.05, 3.63) is 29.0 Å². The van der Waals surface area contributed by atoms with E-state index in [0.29, 0.717) is 0 Å². The number of nitrogens with one attached hydrogen (secondary N) is 1. The van der Waals surface area contributed by atoms with E-state index >= 15 is 0 Å². The van der Waals surface area contributed by atoms with Crippen LogP contribution in [0.2, 0.25) is 5.02 Å². The summed E-state index contributed by atoms with van der Waals surface area (Å²) in [7, 11) is 0. The minimum atomic E-state index is -0.476. The molecule has 1 aromatic carbocycles. The normalized spacial score (nSPS) is 12.4. The largest absolute Gasteiger partial charge is 0.486 e. The fourth-order valence-electron chi connectivity index (χ4n) is 1.72. The van der Waals surface area contributed by atoms with E-state index in [2.05, 4.69) is 19.2 Å². The van der Waals surface area contributed by atoms with Crippen molar-refractivity contribution in [2.45, 2.75) is 39.2 Å². The number of hydrogen-bond donors (Lipinski definition) is 1. The second-order valence-electron chi connectivity index (χ2n) is 4.28. The van der Waals surface area contributed by atoms with Gasteiger partial charge in [-0.05, 0) is 31.5 Å². The molecule has 0 aromatic heterocycles. The number of hydrogen-bond acceptors (Lipinski definition) is 2. The van der Waals surface area contributed by atoms with Gasteiger partial charge in [0.1, 0.15) is 6.10 Å². The van der Waals surface area contributed by atoms with Crippen molar-refractivity contribution < 1.29 is 9.13 Å². The van der Waals surface area contributed by atoms with Crippen LogP contribution in [0.25, 0.3) is 0 Å². The lowest BCUT2D eigenvalue weighted by Gasteiger charge is -2.19. The molecule has 1 atom stereocenters. The molecule has 1 N–H and O–H groups in total. The van der Waals surface area contributed by atoms with Gasteiger partial charge in [-0.3, -0.25) is 0 Å². The van der Waals surface area contributed by atoms with Crippen LogP contribution in [0.5, 0.6) is 5.75 Å². The highest BCUT2D eigenvalue weighted by atomic mass is 35.5. The zero-order valence-electron chi connectivity index (χ0n) is 11.0. The zero-order valence-corrected chi connectivity index (χ0v) is 11.8. The summed E-state index contributed by atoms with van der Waals surface area (Å²) in [6, 6.07) is 4.83. The first-order chi connectivity index (χ1) is 8.69. The van der Waals surface area contributed by atoms with Crippen molar-refractivity contribution in [3.63, 3.8) is 0 Å². The molecule has 0 fully saturated rings. The van der Waals surface area contributed by atoms with Crippen molar-refractivity contribution in [1.29, 1.82) is 0 Å². The van der Waals surface area contributed by atoms with Gasteiger partial charge in [-0.15, -0.1) is 0 Å². The summed E-state index contributed by atoms with van der Waals surface area (Å²) in [5, 5.41) is 3.40. The average molecular weight is 274 g/mol. The van der Waals surface area contributed by atoms with E-state index in [9.17, 15) is 4.39 Å². The van der Waals surface area contributed by atoms with Gasteiger partial charge in [0.05, 0.1) is 5.02 Å². The first-order valence-corrected chi connectivity index (χ1v) is 6.88. The summed E-state index contributed by atoms with van der Waals surface area (Å²) >= 11 is 5.73. The number of rotatable bonds is 8. The van der Waals surface area contributed by atoms with Crippen molar-refractivity contribution in [2.24, 2.45) is 0 Å². The first-order valence-electron chi connectivity index (χ1n) is 6.50. The molecule has 0 bridgehead atoms. The van der Waals surface area contributed by atoms with E-state index in [1.54, 1.807) is 12.1 Å². The molecule has 0 aliphatic heterocycles. The Hall–Kier alpha value is -0.800. The Morgan fingerprint density at radius 1 is 1.33 bits per heavy atom. The molecule has 0 amide bonds. The van der Waals surface area contributed by atoms with Crippen LogP contribution in [-0.2, 0) is 0 Å². The fraction of sp³-hybridized carbons (Fsp3) is 0.571. The van der Waals surface area contributed by atoms with Gasteiger partial charge in [0.2, 0.25) is 0 Å². The molecule has 0 aliphatic rings. The second kappa shape index (κ2) is 8.33. The molecular formula is C14H21ClFNO.